The van der Waals surface area contributed by atoms with Crippen LogP contribution in [-0.4, -0.2) is 31.1 Å². The molecule has 1 atom stereocenters. The molecule has 0 spiro atoms. The number of halogens is 3. The van der Waals surface area contributed by atoms with Crippen LogP contribution in [-0.2, 0) is 14.7 Å². The molecule has 2 aromatic rings. The molecule has 1 heterocycles. The number of nitrogens with zero attached hydrogens (tertiary/aromatic N) is 2. The Morgan fingerprint density at radius 2 is 1.82 bits per heavy atom. The molecule has 2 aromatic carbocycles. The second-order valence-corrected chi connectivity index (χ2v) is 8.37. The molecule has 0 saturated carbocycles. The topological polar surface area (TPSA) is 96.3 Å². The van der Waals surface area contributed by atoms with Crippen LogP contribution in [0.1, 0.15) is 22.8 Å². The predicted molar refractivity (Wildman–Crippen MR) is 108 cm³/mol. The van der Waals surface area contributed by atoms with Gasteiger partial charge in [-0.1, -0.05) is 46.9 Å². The molecule has 3 rings (SSSR count). The van der Waals surface area contributed by atoms with Crippen molar-refractivity contribution in [2.24, 2.45) is 11.1 Å². The Labute approximate surface area is 176 Å². The lowest BCUT2D eigenvalue weighted by atomic mass is 9.91. The number of anilines is 1. The molecule has 0 fully saturated rings. The predicted octanol–water partition coefficient (Wildman–Crippen LogP) is 4.47. The van der Waals surface area contributed by atoms with Crippen molar-refractivity contribution < 1.29 is 22.0 Å². The summed E-state index contributed by atoms with van der Waals surface area (Å²) in [6.07, 6.45) is 0. The van der Waals surface area contributed by atoms with Crippen molar-refractivity contribution in [2.45, 2.75) is 6.92 Å². The quantitative estimate of drug-likeness (QED) is 0.535. The maximum atomic E-state index is 13.1. The van der Waals surface area contributed by atoms with Crippen molar-refractivity contribution in [2.75, 3.05) is 11.4 Å². The van der Waals surface area contributed by atoms with Crippen LogP contribution in [0, 0.1) is 5.92 Å². The van der Waals surface area contributed by atoms with Crippen LogP contribution in [0.3, 0.4) is 0 Å². The number of carbonyl (C=O) groups is 1. The summed E-state index contributed by atoms with van der Waals surface area (Å²) in [4.78, 5) is 14.6. The van der Waals surface area contributed by atoms with Gasteiger partial charge in [-0.3, -0.25) is 9.35 Å². The molecule has 0 aromatic heterocycles. The van der Waals surface area contributed by atoms with Crippen molar-refractivity contribution in [3.05, 3.63) is 62.6 Å². The fourth-order valence-corrected chi connectivity index (χ4v) is 3.74. The van der Waals surface area contributed by atoms with Crippen molar-refractivity contribution in [1.29, 1.82) is 0 Å². The average molecular weight is 464 g/mol. The third-order valence-electron chi connectivity index (χ3n) is 4.09. The molecule has 1 amide bonds. The van der Waals surface area contributed by atoms with Crippen molar-refractivity contribution in [3.63, 3.8) is 0 Å². The first-order valence-corrected chi connectivity index (χ1v) is 10.4. The van der Waals surface area contributed by atoms with Crippen LogP contribution in [0.5, 0.6) is 0 Å². The van der Waals surface area contributed by atoms with E-state index in [-0.39, 0.29) is 28.7 Å². The standard InChI is InChI=1S/C17H13Cl3N2O5S/c1-9-8-22(17(23)12-4-2-11(19)7-14(12)20)15-5-3-10(18)6-13(15)16(9)21-27-28(24,25)26/h2-7,9H,8H2,1H3,(H,24,25,26)/b21-16+. The summed E-state index contributed by atoms with van der Waals surface area (Å²) in [5.74, 6) is -0.797. The van der Waals surface area contributed by atoms with E-state index in [0.29, 0.717) is 21.3 Å². The van der Waals surface area contributed by atoms with E-state index < -0.39 is 16.3 Å². The Morgan fingerprint density at radius 1 is 1.18 bits per heavy atom. The number of benzene rings is 2. The molecule has 148 valence electrons. The van der Waals surface area contributed by atoms with E-state index in [1.807, 2.05) is 0 Å². The summed E-state index contributed by atoms with van der Waals surface area (Å²) in [6.45, 7) is 1.89. The van der Waals surface area contributed by atoms with Crippen molar-refractivity contribution in [1.82, 2.24) is 0 Å². The van der Waals surface area contributed by atoms with Gasteiger partial charge < -0.3 is 4.90 Å². The summed E-state index contributed by atoms with van der Waals surface area (Å²) in [7, 11) is -4.77. The van der Waals surface area contributed by atoms with Gasteiger partial charge in [-0.2, -0.15) is 8.42 Å². The molecule has 1 N–H and O–H groups in total. The number of amides is 1. The largest absolute Gasteiger partial charge is 0.466 e. The zero-order chi connectivity index (χ0) is 20.6. The lowest BCUT2D eigenvalue weighted by Crippen LogP contribution is -2.42. The minimum Gasteiger partial charge on any atom is -0.307 e. The van der Waals surface area contributed by atoms with Gasteiger partial charge in [-0.15, -0.1) is 0 Å². The number of fused-ring (bicyclic) bond motifs is 1. The van der Waals surface area contributed by atoms with Gasteiger partial charge in [-0.05, 0) is 36.4 Å². The molecule has 11 heteroatoms. The Bertz CT molecular complexity index is 1090. The minimum absolute atomic E-state index is 0.167. The highest BCUT2D eigenvalue weighted by molar-refractivity contribution is 7.80. The van der Waals surface area contributed by atoms with Crippen molar-refractivity contribution >= 4 is 62.5 Å². The molecule has 0 radical (unpaired) electrons. The summed E-state index contributed by atoms with van der Waals surface area (Å²) in [6, 6.07) is 9.28. The van der Waals surface area contributed by atoms with E-state index >= 15 is 0 Å². The summed E-state index contributed by atoms with van der Waals surface area (Å²) < 4.78 is 34.8. The third-order valence-corrected chi connectivity index (χ3v) is 5.13. The number of carbonyl (C=O) groups excluding carboxylic acids is 1. The van der Waals surface area contributed by atoms with E-state index in [1.54, 1.807) is 25.1 Å². The molecule has 1 aliphatic heterocycles. The van der Waals surface area contributed by atoms with E-state index in [4.69, 9.17) is 39.4 Å². The number of rotatable bonds is 3. The lowest BCUT2D eigenvalue weighted by Gasteiger charge is -2.34. The smallest absolute Gasteiger partial charge is 0.307 e. The monoisotopic (exact) mass is 462 g/mol. The van der Waals surface area contributed by atoms with Gasteiger partial charge in [0.15, 0.2) is 0 Å². The molecule has 0 saturated heterocycles. The number of hydrogen-bond acceptors (Lipinski definition) is 5. The lowest BCUT2D eigenvalue weighted by molar-refractivity contribution is 0.0984. The molecule has 0 aliphatic carbocycles. The summed E-state index contributed by atoms with van der Waals surface area (Å²) in [5, 5.41) is 4.51. The molecule has 1 aliphatic rings. The minimum atomic E-state index is -4.77. The Morgan fingerprint density at radius 3 is 2.46 bits per heavy atom. The molecular formula is C17H13Cl3N2O5S. The highest BCUT2D eigenvalue weighted by Crippen LogP contribution is 2.34. The van der Waals surface area contributed by atoms with Gasteiger partial charge in [0.05, 0.1) is 22.0 Å². The van der Waals surface area contributed by atoms with Crippen LogP contribution in [0.2, 0.25) is 15.1 Å². The fraction of sp³-hybridized carbons (Fsp3) is 0.176. The van der Waals surface area contributed by atoms with Crippen LogP contribution in [0.25, 0.3) is 0 Å². The van der Waals surface area contributed by atoms with Gasteiger partial charge >= 0.3 is 10.4 Å². The molecular weight excluding hydrogens is 451 g/mol. The van der Waals surface area contributed by atoms with Crippen LogP contribution >= 0.6 is 34.8 Å². The second-order valence-electron chi connectivity index (χ2n) is 6.08. The first-order valence-electron chi connectivity index (χ1n) is 7.87. The summed E-state index contributed by atoms with van der Waals surface area (Å²) in [5.41, 5.74) is 1.32. The van der Waals surface area contributed by atoms with E-state index in [1.165, 1.54) is 23.1 Å². The van der Waals surface area contributed by atoms with Crippen LogP contribution in [0.4, 0.5) is 5.69 Å². The van der Waals surface area contributed by atoms with E-state index in [0.717, 1.165) is 0 Å². The zero-order valence-corrected chi connectivity index (χ0v) is 17.3. The number of hydrogen-bond donors (Lipinski definition) is 1. The van der Waals surface area contributed by atoms with E-state index in [9.17, 15) is 13.2 Å². The van der Waals surface area contributed by atoms with Crippen LogP contribution < -0.4 is 4.90 Å². The maximum absolute atomic E-state index is 13.1. The number of oxime groups is 1. The SMILES string of the molecule is CC1CN(C(=O)c2ccc(Cl)cc2Cl)c2ccc(Cl)cc2/C1=N/OS(=O)(=O)O. The van der Waals surface area contributed by atoms with Crippen molar-refractivity contribution in [3.8, 4) is 0 Å². The molecule has 1 unspecified atom stereocenters. The maximum Gasteiger partial charge on any atom is 0.466 e. The Hall–Kier alpha value is -1.84. The van der Waals surface area contributed by atoms with Gasteiger partial charge in [-0.25, -0.2) is 4.28 Å². The molecule has 28 heavy (non-hydrogen) atoms. The summed E-state index contributed by atoms with van der Waals surface area (Å²) >= 11 is 18.1. The Kier molecular flexibility index (Phi) is 5.88. The van der Waals surface area contributed by atoms with Gasteiger partial charge in [0.2, 0.25) is 0 Å². The second kappa shape index (κ2) is 7.88. The van der Waals surface area contributed by atoms with Gasteiger partial charge in [0.25, 0.3) is 5.91 Å². The molecule has 0 bridgehead atoms. The normalized spacial score (nSPS) is 18.1. The Balaban J connectivity index is 2.09. The zero-order valence-electron chi connectivity index (χ0n) is 14.3. The van der Waals surface area contributed by atoms with Crippen LogP contribution in [0.15, 0.2) is 41.6 Å². The van der Waals surface area contributed by atoms with Gasteiger partial charge in [0.1, 0.15) is 0 Å². The highest BCUT2D eigenvalue weighted by atomic mass is 35.5. The molecule has 7 nitrogen and oxygen atoms in total. The fourth-order valence-electron chi connectivity index (χ4n) is 2.90. The third kappa shape index (κ3) is 4.42. The highest BCUT2D eigenvalue weighted by Gasteiger charge is 2.33. The van der Waals surface area contributed by atoms with E-state index in [2.05, 4.69) is 9.44 Å². The van der Waals surface area contributed by atoms with Gasteiger partial charge in [0, 0.05) is 28.1 Å². The average Bonchev–Trinajstić information content (AvgIpc) is 2.58. The first kappa shape index (κ1) is 20.9. The first-order chi connectivity index (χ1) is 13.1.